The maximum absolute atomic E-state index is 12.0. The highest BCUT2D eigenvalue weighted by molar-refractivity contribution is 5.74. The van der Waals surface area contributed by atoms with Crippen molar-refractivity contribution in [3.63, 3.8) is 0 Å². The van der Waals surface area contributed by atoms with Crippen molar-refractivity contribution >= 4 is 6.03 Å². The molecule has 0 aliphatic heterocycles. The predicted molar refractivity (Wildman–Crippen MR) is 56.1 cm³/mol. The number of halogens is 3. The first-order valence-electron chi connectivity index (χ1n) is 5.11. The average molecular weight is 238 g/mol. The molecule has 0 aromatic rings. The van der Waals surface area contributed by atoms with Crippen LogP contribution in [0.3, 0.4) is 0 Å². The third-order valence-electron chi connectivity index (χ3n) is 1.90. The Bertz CT molecular complexity index is 229. The zero-order valence-corrected chi connectivity index (χ0v) is 9.23. The largest absolute Gasteiger partial charge is 0.389 e. The molecule has 1 atom stereocenters. The fraction of sp³-hybridized carbons (Fsp3) is 0.700. The molecule has 2 N–H and O–H groups in total. The third-order valence-corrected chi connectivity index (χ3v) is 1.90. The van der Waals surface area contributed by atoms with Crippen LogP contribution in [0.25, 0.3) is 0 Å². The average Bonchev–Trinajstić information content (AvgIpc) is 2.14. The molecular formula is C10H17F3N2O. The molecule has 94 valence electrons. The fourth-order valence-corrected chi connectivity index (χ4v) is 1.19. The molecule has 0 heterocycles. The van der Waals surface area contributed by atoms with Gasteiger partial charge in [0.05, 0.1) is 0 Å². The van der Waals surface area contributed by atoms with E-state index in [1.807, 2.05) is 0 Å². The Morgan fingerprint density at radius 1 is 1.50 bits per heavy atom. The van der Waals surface area contributed by atoms with Gasteiger partial charge < -0.3 is 10.6 Å². The van der Waals surface area contributed by atoms with Crippen molar-refractivity contribution in [1.82, 2.24) is 10.6 Å². The standard InChI is InChI=1S/C10H17F3N2O/c1-3-5-8(6-7-10(11,12)13)15-9(16)14-4-2/h3,8H,1,4-7H2,2H3,(H2,14,15,16)/t8-/m1/s1. The number of hydrogen-bond acceptors (Lipinski definition) is 1. The molecular weight excluding hydrogens is 221 g/mol. The van der Waals surface area contributed by atoms with E-state index < -0.39 is 24.7 Å². The lowest BCUT2D eigenvalue weighted by atomic mass is 10.1. The van der Waals surface area contributed by atoms with Gasteiger partial charge in [-0.05, 0) is 19.8 Å². The van der Waals surface area contributed by atoms with Crippen LogP contribution in [0.15, 0.2) is 12.7 Å². The lowest BCUT2D eigenvalue weighted by molar-refractivity contribution is -0.136. The molecule has 0 aliphatic rings. The third kappa shape index (κ3) is 8.14. The quantitative estimate of drug-likeness (QED) is 0.686. The molecule has 0 spiro atoms. The van der Waals surface area contributed by atoms with E-state index in [9.17, 15) is 18.0 Å². The van der Waals surface area contributed by atoms with Gasteiger partial charge in [-0.1, -0.05) is 6.08 Å². The van der Waals surface area contributed by atoms with Gasteiger partial charge in [0.1, 0.15) is 0 Å². The summed E-state index contributed by atoms with van der Waals surface area (Å²) in [6, 6.07) is -0.970. The second kappa shape index (κ2) is 7.14. The molecule has 0 aromatic carbocycles. The Hall–Kier alpha value is -1.20. The van der Waals surface area contributed by atoms with Crippen LogP contribution in [-0.2, 0) is 0 Å². The van der Waals surface area contributed by atoms with E-state index in [1.54, 1.807) is 6.92 Å². The van der Waals surface area contributed by atoms with E-state index in [2.05, 4.69) is 17.2 Å². The minimum absolute atomic E-state index is 0.132. The molecule has 0 unspecified atom stereocenters. The van der Waals surface area contributed by atoms with Gasteiger partial charge >= 0.3 is 12.2 Å². The first kappa shape index (κ1) is 14.8. The fourth-order valence-electron chi connectivity index (χ4n) is 1.19. The predicted octanol–water partition coefficient (Wildman–Crippen LogP) is 2.59. The van der Waals surface area contributed by atoms with Crippen LogP contribution in [0.5, 0.6) is 0 Å². The number of rotatable bonds is 6. The van der Waals surface area contributed by atoms with Crippen LogP contribution in [0.4, 0.5) is 18.0 Å². The van der Waals surface area contributed by atoms with Gasteiger partial charge in [-0.15, -0.1) is 6.58 Å². The van der Waals surface area contributed by atoms with Crippen LogP contribution in [0.1, 0.15) is 26.2 Å². The Balaban J connectivity index is 4.06. The van der Waals surface area contributed by atoms with Gasteiger partial charge in [0.15, 0.2) is 0 Å². The zero-order valence-electron chi connectivity index (χ0n) is 9.23. The number of urea groups is 1. The highest BCUT2D eigenvalue weighted by Crippen LogP contribution is 2.22. The molecule has 2 amide bonds. The van der Waals surface area contributed by atoms with E-state index in [0.717, 1.165) is 0 Å². The molecule has 3 nitrogen and oxygen atoms in total. The second-order valence-electron chi connectivity index (χ2n) is 3.38. The molecule has 0 saturated heterocycles. The summed E-state index contributed by atoms with van der Waals surface area (Å²) in [6.07, 6.45) is -3.41. The van der Waals surface area contributed by atoms with Gasteiger partial charge in [-0.25, -0.2) is 4.79 Å². The SMILES string of the molecule is C=CC[C@H](CCC(F)(F)F)NC(=O)NCC. The summed E-state index contributed by atoms with van der Waals surface area (Å²) in [4.78, 5) is 11.1. The lowest BCUT2D eigenvalue weighted by Gasteiger charge is -2.18. The molecule has 0 aromatic heterocycles. The van der Waals surface area contributed by atoms with Gasteiger partial charge in [-0.3, -0.25) is 0 Å². The lowest BCUT2D eigenvalue weighted by Crippen LogP contribution is -2.42. The normalized spacial score (nSPS) is 13.0. The van der Waals surface area contributed by atoms with Crippen molar-refractivity contribution < 1.29 is 18.0 Å². The van der Waals surface area contributed by atoms with Crippen molar-refractivity contribution in [3.05, 3.63) is 12.7 Å². The number of carbonyl (C=O) groups excluding carboxylic acids is 1. The zero-order chi connectivity index (χ0) is 12.6. The Morgan fingerprint density at radius 3 is 2.56 bits per heavy atom. The van der Waals surface area contributed by atoms with E-state index in [0.29, 0.717) is 13.0 Å². The highest BCUT2D eigenvalue weighted by Gasteiger charge is 2.28. The first-order chi connectivity index (χ1) is 7.39. The second-order valence-corrected chi connectivity index (χ2v) is 3.38. The van der Waals surface area contributed by atoms with E-state index in [4.69, 9.17) is 0 Å². The molecule has 0 bridgehead atoms. The van der Waals surface area contributed by atoms with E-state index in [-0.39, 0.29) is 6.42 Å². The van der Waals surface area contributed by atoms with Gasteiger partial charge in [0.2, 0.25) is 0 Å². The summed E-state index contributed by atoms with van der Waals surface area (Å²) < 4.78 is 36.0. The Kier molecular flexibility index (Phi) is 6.60. The number of amides is 2. The summed E-state index contributed by atoms with van der Waals surface area (Å²) in [5, 5.41) is 4.94. The van der Waals surface area contributed by atoms with Crippen LogP contribution in [0, 0.1) is 0 Å². The maximum atomic E-state index is 12.0. The summed E-state index contributed by atoms with van der Waals surface area (Å²) in [6.45, 7) is 5.62. The minimum atomic E-state index is -4.19. The van der Waals surface area contributed by atoms with Crippen molar-refractivity contribution in [1.29, 1.82) is 0 Å². The van der Waals surface area contributed by atoms with Gasteiger partial charge in [-0.2, -0.15) is 13.2 Å². The summed E-state index contributed by atoms with van der Waals surface area (Å²) in [5.74, 6) is 0. The van der Waals surface area contributed by atoms with Gasteiger partial charge in [0.25, 0.3) is 0 Å². The van der Waals surface area contributed by atoms with Gasteiger partial charge in [0, 0.05) is 19.0 Å². The van der Waals surface area contributed by atoms with E-state index in [1.165, 1.54) is 6.08 Å². The monoisotopic (exact) mass is 238 g/mol. The summed E-state index contributed by atoms with van der Waals surface area (Å²) in [5.41, 5.74) is 0. The van der Waals surface area contributed by atoms with Crippen LogP contribution >= 0.6 is 0 Å². The molecule has 6 heteroatoms. The molecule has 0 saturated carbocycles. The van der Waals surface area contributed by atoms with Crippen molar-refractivity contribution in [2.45, 2.75) is 38.4 Å². The van der Waals surface area contributed by atoms with Crippen molar-refractivity contribution in [2.24, 2.45) is 0 Å². The molecule has 0 radical (unpaired) electrons. The molecule has 0 fully saturated rings. The molecule has 0 rings (SSSR count). The molecule has 0 aliphatic carbocycles. The number of nitrogens with one attached hydrogen (secondary N) is 2. The summed E-state index contributed by atoms with van der Waals surface area (Å²) in [7, 11) is 0. The van der Waals surface area contributed by atoms with E-state index >= 15 is 0 Å². The molecule has 16 heavy (non-hydrogen) atoms. The number of carbonyl (C=O) groups is 1. The van der Waals surface area contributed by atoms with Crippen LogP contribution in [0.2, 0.25) is 0 Å². The highest BCUT2D eigenvalue weighted by atomic mass is 19.4. The van der Waals surface area contributed by atoms with Crippen LogP contribution in [-0.4, -0.2) is 24.8 Å². The Morgan fingerprint density at radius 2 is 2.12 bits per heavy atom. The smallest absolute Gasteiger partial charge is 0.338 e. The number of hydrogen-bond donors (Lipinski definition) is 2. The van der Waals surface area contributed by atoms with Crippen molar-refractivity contribution in [3.8, 4) is 0 Å². The number of alkyl halides is 3. The van der Waals surface area contributed by atoms with Crippen molar-refractivity contribution in [2.75, 3.05) is 6.54 Å². The minimum Gasteiger partial charge on any atom is -0.338 e. The first-order valence-corrected chi connectivity index (χ1v) is 5.11. The maximum Gasteiger partial charge on any atom is 0.389 e. The van der Waals surface area contributed by atoms with Crippen LogP contribution < -0.4 is 10.6 Å². The summed E-state index contributed by atoms with van der Waals surface area (Å²) >= 11 is 0. The topological polar surface area (TPSA) is 41.1 Å². The Labute approximate surface area is 93.1 Å².